The lowest BCUT2D eigenvalue weighted by atomic mass is 10.2. The Morgan fingerprint density at radius 2 is 2.06 bits per heavy atom. The zero-order valence-corrected chi connectivity index (χ0v) is 12.9. The van der Waals surface area contributed by atoms with Crippen LogP contribution in [0.25, 0.3) is 0 Å². The summed E-state index contributed by atoms with van der Waals surface area (Å²) >= 11 is 5.25. The second-order valence-electron chi connectivity index (χ2n) is 3.50. The molecule has 18 heavy (non-hydrogen) atoms. The zero-order chi connectivity index (χ0) is 13.5. The Hall–Kier alpha value is -1.02. The van der Waals surface area contributed by atoms with E-state index in [0.717, 1.165) is 5.56 Å². The van der Waals surface area contributed by atoms with Gasteiger partial charge in [0.2, 0.25) is 2.91 Å². The predicted octanol–water partition coefficient (Wildman–Crippen LogP) is 2.57. The third-order valence-corrected chi connectivity index (χ3v) is 2.82. The van der Waals surface area contributed by atoms with Gasteiger partial charge in [0.05, 0.1) is 5.71 Å². The molecular formula is C12H14IN2O2S+. The highest BCUT2D eigenvalue weighted by molar-refractivity contribution is 14.1. The van der Waals surface area contributed by atoms with Crippen LogP contribution in [0.3, 0.4) is 0 Å². The molecule has 1 aromatic carbocycles. The van der Waals surface area contributed by atoms with Crippen LogP contribution in [-0.4, -0.2) is 11.8 Å². The Kier molecular flexibility index (Phi) is 6.20. The van der Waals surface area contributed by atoms with Gasteiger partial charge in [-0.2, -0.15) is 0 Å². The molecule has 4 nitrogen and oxygen atoms in total. The number of benzene rings is 1. The molecule has 96 valence electrons. The molecule has 0 aliphatic heterocycles. The quantitative estimate of drug-likeness (QED) is 0.481. The van der Waals surface area contributed by atoms with Crippen LogP contribution in [0.4, 0.5) is 4.79 Å². The first-order valence-corrected chi connectivity index (χ1v) is 6.73. The van der Waals surface area contributed by atoms with Crippen molar-refractivity contribution in [3.8, 4) is 0 Å². The summed E-state index contributed by atoms with van der Waals surface area (Å²) in [6.45, 7) is 1.79. The highest BCUT2D eigenvalue weighted by Gasteiger charge is 2.13. The van der Waals surface area contributed by atoms with Gasteiger partial charge in [-0.25, -0.2) is 4.79 Å². The van der Waals surface area contributed by atoms with Crippen molar-refractivity contribution in [2.24, 2.45) is 0 Å². The van der Waals surface area contributed by atoms with E-state index in [1.807, 2.05) is 52.9 Å². The molecular weight excluding hydrogens is 363 g/mol. The molecule has 6 heteroatoms. The van der Waals surface area contributed by atoms with E-state index < -0.39 is 6.09 Å². The molecule has 0 aliphatic carbocycles. The molecule has 0 unspecified atom stereocenters. The minimum Gasteiger partial charge on any atom is -0.444 e. The average Bonchev–Trinajstić information content (AvgIpc) is 2.34. The van der Waals surface area contributed by atoms with E-state index in [-0.39, 0.29) is 12.3 Å². The van der Waals surface area contributed by atoms with Crippen LogP contribution in [-0.2, 0) is 24.0 Å². The molecule has 0 spiro atoms. The third kappa shape index (κ3) is 5.09. The first kappa shape index (κ1) is 15.0. The number of amides is 1. The van der Waals surface area contributed by atoms with Gasteiger partial charge in [-0.15, -0.1) is 0 Å². The van der Waals surface area contributed by atoms with Gasteiger partial charge in [0.1, 0.15) is 12.3 Å². The van der Waals surface area contributed by atoms with E-state index in [9.17, 15) is 4.79 Å². The summed E-state index contributed by atoms with van der Waals surface area (Å²) in [5.41, 5.74) is 1.58. The second kappa shape index (κ2) is 7.42. The van der Waals surface area contributed by atoms with Crippen LogP contribution >= 0.6 is 22.6 Å². The highest BCUT2D eigenvalue weighted by Crippen LogP contribution is 2.09. The molecule has 0 radical (unpaired) electrons. The molecule has 0 saturated carbocycles. The molecule has 0 heterocycles. The van der Waals surface area contributed by atoms with Gasteiger partial charge in [-0.3, -0.25) is 5.32 Å². The van der Waals surface area contributed by atoms with E-state index in [1.165, 1.54) is 0 Å². The minimum atomic E-state index is -0.576. The zero-order valence-electron chi connectivity index (χ0n) is 9.79. The van der Waals surface area contributed by atoms with Crippen molar-refractivity contribution in [2.75, 3.05) is 0 Å². The Balaban J connectivity index is 2.52. The summed E-state index contributed by atoms with van der Waals surface area (Å²) in [7, 11) is 0. The average molecular weight is 377 g/mol. The van der Waals surface area contributed by atoms with Crippen molar-refractivity contribution in [3.63, 3.8) is 0 Å². The fourth-order valence-electron chi connectivity index (χ4n) is 1.17. The van der Waals surface area contributed by atoms with Crippen molar-refractivity contribution < 1.29 is 9.53 Å². The fraction of sp³-hybridized carbons (Fsp3) is 0.167. The molecule has 0 fully saturated rings. The summed E-state index contributed by atoms with van der Waals surface area (Å²) in [6.07, 6.45) is -0.576. The van der Waals surface area contributed by atoms with Gasteiger partial charge in [-0.05, 0) is 12.5 Å². The lowest BCUT2D eigenvalue weighted by Crippen LogP contribution is -2.27. The Labute approximate surface area is 125 Å². The summed E-state index contributed by atoms with van der Waals surface area (Å²) in [5.74, 6) is 0. The van der Waals surface area contributed by atoms with Crippen LogP contribution in [0.2, 0.25) is 0 Å². The number of halogens is 1. The van der Waals surface area contributed by atoms with Gasteiger partial charge in [-0.1, -0.05) is 30.3 Å². The number of carbonyl (C=O) groups excluding carboxylic acids is 1. The molecule has 0 saturated heterocycles. The highest BCUT2D eigenvalue weighted by atomic mass is 127. The summed E-state index contributed by atoms with van der Waals surface area (Å²) in [5, 5.41) is 10.0. The molecule has 1 amide bonds. The summed E-state index contributed by atoms with van der Waals surface area (Å²) < 4.78 is 5.70. The van der Waals surface area contributed by atoms with E-state index in [1.54, 1.807) is 6.92 Å². The van der Waals surface area contributed by atoms with Crippen molar-refractivity contribution in [1.82, 2.24) is 5.32 Å². The second-order valence-corrected chi connectivity index (χ2v) is 6.10. The van der Waals surface area contributed by atoms with Gasteiger partial charge in [0.25, 0.3) is 0 Å². The molecule has 0 aliphatic rings. The van der Waals surface area contributed by atoms with E-state index in [2.05, 4.69) is 17.9 Å². The SMILES string of the molecule is CC(=N)/C(NC(=O)OCc1ccccc1)=C(\[SH2+])I. The van der Waals surface area contributed by atoms with Crippen LogP contribution < -0.4 is 5.32 Å². The number of allylic oxidation sites excluding steroid dienone is 1. The number of rotatable bonds is 4. The number of alkyl carbamates (subject to hydrolysis) is 1. The van der Waals surface area contributed by atoms with Gasteiger partial charge >= 0.3 is 6.09 Å². The van der Waals surface area contributed by atoms with Gasteiger partial charge < -0.3 is 10.1 Å². The van der Waals surface area contributed by atoms with E-state index >= 15 is 0 Å². The van der Waals surface area contributed by atoms with Crippen molar-refractivity contribution in [1.29, 1.82) is 5.41 Å². The van der Waals surface area contributed by atoms with Crippen molar-refractivity contribution in [3.05, 3.63) is 44.5 Å². The lowest BCUT2D eigenvalue weighted by Gasteiger charge is -2.08. The fourth-order valence-corrected chi connectivity index (χ4v) is 1.96. The van der Waals surface area contributed by atoms with Crippen LogP contribution in [0.1, 0.15) is 12.5 Å². The van der Waals surface area contributed by atoms with Crippen LogP contribution in [0, 0.1) is 5.41 Å². The predicted molar refractivity (Wildman–Crippen MR) is 84.4 cm³/mol. The van der Waals surface area contributed by atoms with Gasteiger partial charge in [0, 0.05) is 35.2 Å². The molecule has 0 atom stereocenters. The number of hydrogen-bond donors (Lipinski definition) is 2. The first-order chi connectivity index (χ1) is 8.50. The van der Waals surface area contributed by atoms with Crippen molar-refractivity contribution >= 4 is 47.0 Å². The van der Waals surface area contributed by atoms with Crippen LogP contribution in [0.15, 0.2) is 38.9 Å². The van der Waals surface area contributed by atoms with E-state index in [0.29, 0.717) is 8.61 Å². The van der Waals surface area contributed by atoms with Gasteiger partial charge in [0.15, 0.2) is 0 Å². The standard InChI is InChI=1S/C12H13IN2O2S/c1-8(14)10(11(13)18)15-12(16)17-7-9-5-3-2-4-6-9/h2-6,14,18H,7H2,1H3,(H,15,16)/p+1/b11-10+,14-8?. The molecule has 2 N–H and O–H groups in total. The van der Waals surface area contributed by atoms with Crippen molar-refractivity contribution in [2.45, 2.75) is 13.5 Å². The maximum atomic E-state index is 11.5. The maximum Gasteiger partial charge on any atom is 0.412 e. The minimum absolute atomic E-state index is 0.204. The monoisotopic (exact) mass is 377 g/mol. The largest absolute Gasteiger partial charge is 0.444 e. The number of carbonyl (C=O) groups is 1. The smallest absolute Gasteiger partial charge is 0.412 e. The Bertz CT molecular complexity index is 470. The Morgan fingerprint density at radius 1 is 1.44 bits per heavy atom. The molecule has 1 rings (SSSR count). The molecule has 0 bridgehead atoms. The van der Waals surface area contributed by atoms with Crippen LogP contribution in [0.5, 0.6) is 0 Å². The Morgan fingerprint density at radius 3 is 2.56 bits per heavy atom. The third-order valence-electron chi connectivity index (χ3n) is 2.03. The number of hydrogen-bond acceptors (Lipinski definition) is 3. The molecule has 0 aromatic heterocycles. The summed E-state index contributed by atoms with van der Waals surface area (Å²) in [4.78, 5) is 11.5. The van der Waals surface area contributed by atoms with E-state index in [4.69, 9.17) is 10.1 Å². The lowest BCUT2D eigenvalue weighted by molar-refractivity contribution is 0.143. The first-order valence-electron chi connectivity index (χ1n) is 5.15. The topological polar surface area (TPSA) is 62.2 Å². The maximum absolute atomic E-state index is 11.5. The number of nitrogens with one attached hydrogen (secondary N) is 2. The normalized spacial score (nSPS) is 11.5. The summed E-state index contributed by atoms with van der Waals surface area (Å²) in [6, 6.07) is 9.41. The molecule has 1 aromatic rings. The number of ether oxygens (including phenoxy) is 1.